The molecule has 1 N–H and O–H groups in total. The van der Waals surface area contributed by atoms with E-state index in [2.05, 4.69) is 10.2 Å². The number of halogens is 1. The van der Waals surface area contributed by atoms with Gasteiger partial charge in [-0.3, -0.25) is 9.89 Å². The smallest absolute Gasteiger partial charge is 0.254 e. The normalized spacial score (nSPS) is 10.6. The van der Waals surface area contributed by atoms with Crippen molar-refractivity contribution in [3.05, 3.63) is 77.9 Å². The number of hydrogen-bond donors (Lipinski definition) is 1. The van der Waals surface area contributed by atoms with E-state index in [-0.39, 0.29) is 11.7 Å². The van der Waals surface area contributed by atoms with Crippen molar-refractivity contribution in [3.63, 3.8) is 0 Å². The molecule has 0 saturated carbocycles. The van der Waals surface area contributed by atoms with Crippen LogP contribution in [0.5, 0.6) is 0 Å². The van der Waals surface area contributed by atoms with E-state index in [0.717, 1.165) is 16.7 Å². The van der Waals surface area contributed by atoms with Gasteiger partial charge >= 0.3 is 0 Å². The predicted octanol–water partition coefficient (Wildman–Crippen LogP) is 3.88. The van der Waals surface area contributed by atoms with Gasteiger partial charge in [0.1, 0.15) is 5.82 Å². The highest BCUT2D eigenvalue weighted by atomic mass is 19.1. The van der Waals surface area contributed by atoms with Crippen LogP contribution in [-0.2, 0) is 6.54 Å². The number of aromatic nitrogens is 2. The van der Waals surface area contributed by atoms with Gasteiger partial charge in [-0.05, 0) is 42.3 Å². The van der Waals surface area contributed by atoms with E-state index in [4.69, 9.17) is 0 Å². The molecule has 0 bridgehead atoms. The minimum Gasteiger partial charge on any atom is -0.335 e. The van der Waals surface area contributed by atoms with Gasteiger partial charge in [0.05, 0.1) is 6.20 Å². The standard InChI is InChI=1S/C19H18FN3O/c1-2-23(13-14-6-8-18(20)9-7-14)19(24)16-5-3-4-15(10-16)17-11-21-22-12-17/h3-12H,2,13H2,1H3,(H,21,22). The highest BCUT2D eigenvalue weighted by molar-refractivity contribution is 5.95. The fourth-order valence-electron chi connectivity index (χ4n) is 2.56. The summed E-state index contributed by atoms with van der Waals surface area (Å²) in [7, 11) is 0. The van der Waals surface area contributed by atoms with Gasteiger partial charge in [0.15, 0.2) is 0 Å². The van der Waals surface area contributed by atoms with Crippen LogP contribution in [0.25, 0.3) is 11.1 Å². The van der Waals surface area contributed by atoms with Crippen LogP contribution in [-0.4, -0.2) is 27.5 Å². The summed E-state index contributed by atoms with van der Waals surface area (Å²) < 4.78 is 13.0. The third kappa shape index (κ3) is 3.51. The van der Waals surface area contributed by atoms with Gasteiger partial charge in [-0.1, -0.05) is 24.3 Å². The topological polar surface area (TPSA) is 49.0 Å². The van der Waals surface area contributed by atoms with Crippen LogP contribution in [0.15, 0.2) is 60.9 Å². The van der Waals surface area contributed by atoms with Crippen LogP contribution in [0.1, 0.15) is 22.8 Å². The molecule has 0 aliphatic carbocycles. The average molecular weight is 323 g/mol. The third-order valence-electron chi connectivity index (χ3n) is 3.90. The molecule has 2 aromatic carbocycles. The molecule has 3 rings (SSSR count). The summed E-state index contributed by atoms with van der Waals surface area (Å²) in [5, 5.41) is 6.71. The molecule has 1 amide bonds. The molecule has 0 aliphatic rings. The molecule has 0 spiro atoms. The van der Waals surface area contributed by atoms with Crippen molar-refractivity contribution in [1.29, 1.82) is 0 Å². The molecule has 0 fully saturated rings. The first-order valence-corrected chi connectivity index (χ1v) is 7.80. The number of H-pyrrole nitrogens is 1. The Bertz CT molecular complexity index is 813. The lowest BCUT2D eigenvalue weighted by atomic mass is 10.1. The fraction of sp³-hybridized carbons (Fsp3) is 0.158. The van der Waals surface area contributed by atoms with Crippen LogP contribution >= 0.6 is 0 Å². The second-order valence-electron chi connectivity index (χ2n) is 5.51. The molecule has 5 heteroatoms. The molecular formula is C19H18FN3O. The van der Waals surface area contributed by atoms with Gasteiger partial charge in [-0.15, -0.1) is 0 Å². The van der Waals surface area contributed by atoms with Crippen molar-refractivity contribution in [2.24, 2.45) is 0 Å². The molecule has 0 radical (unpaired) electrons. The van der Waals surface area contributed by atoms with Gasteiger partial charge in [-0.25, -0.2) is 4.39 Å². The maximum atomic E-state index is 13.0. The molecule has 24 heavy (non-hydrogen) atoms. The summed E-state index contributed by atoms with van der Waals surface area (Å²) in [4.78, 5) is 14.5. The highest BCUT2D eigenvalue weighted by Gasteiger charge is 2.15. The molecule has 4 nitrogen and oxygen atoms in total. The van der Waals surface area contributed by atoms with E-state index in [1.54, 1.807) is 35.5 Å². The average Bonchev–Trinajstić information content (AvgIpc) is 3.15. The number of nitrogens with zero attached hydrogens (tertiary/aromatic N) is 2. The number of nitrogens with one attached hydrogen (secondary N) is 1. The minimum atomic E-state index is -0.277. The van der Waals surface area contributed by atoms with Gasteiger partial charge in [0, 0.05) is 30.4 Å². The molecule has 3 aromatic rings. The fourth-order valence-corrected chi connectivity index (χ4v) is 2.56. The van der Waals surface area contributed by atoms with Crippen molar-refractivity contribution >= 4 is 5.91 Å². The zero-order valence-electron chi connectivity index (χ0n) is 13.4. The molecule has 1 aromatic heterocycles. The number of carbonyl (C=O) groups is 1. The lowest BCUT2D eigenvalue weighted by Gasteiger charge is -2.21. The Morgan fingerprint density at radius 2 is 1.96 bits per heavy atom. The van der Waals surface area contributed by atoms with E-state index in [0.29, 0.717) is 18.7 Å². The first kappa shape index (κ1) is 15.9. The Balaban J connectivity index is 1.81. The number of rotatable bonds is 5. The van der Waals surface area contributed by atoms with E-state index in [1.807, 2.05) is 25.1 Å². The van der Waals surface area contributed by atoms with Crippen LogP contribution in [0.2, 0.25) is 0 Å². The number of aromatic amines is 1. The van der Waals surface area contributed by atoms with Crippen molar-refractivity contribution in [3.8, 4) is 11.1 Å². The van der Waals surface area contributed by atoms with Crippen molar-refractivity contribution < 1.29 is 9.18 Å². The van der Waals surface area contributed by atoms with Gasteiger partial charge in [0.25, 0.3) is 5.91 Å². The van der Waals surface area contributed by atoms with Crippen LogP contribution in [0.3, 0.4) is 0 Å². The Morgan fingerprint density at radius 3 is 2.62 bits per heavy atom. The van der Waals surface area contributed by atoms with E-state index in [9.17, 15) is 9.18 Å². The summed E-state index contributed by atoms with van der Waals surface area (Å²) in [5.74, 6) is -0.326. The maximum Gasteiger partial charge on any atom is 0.254 e. The van der Waals surface area contributed by atoms with Crippen LogP contribution < -0.4 is 0 Å². The van der Waals surface area contributed by atoms with Gasteiger partial charge in [0.2, 0.25) is 0 Å². The SMILES string of the molecule is CCN(Cc1ccc(F)cc1)C(=O)c1cccc(-c2cn[nH]c2)c1. The van der Waals surface area contributed by atoms with Crippen LogP contribution in [0, 0.1) is 5.82 Å². The first-order valence-electron chi connectivity index (χ1n) is 7.80. The lowest BCUT2D eigenvalue weighted by molar-refractivity contribution is 0.0752. The summed E-state index contributed by atoms with van der Waals surface area (Å²) >= 11 is 0. The zero-order valence-corrected chi connectivity index (χ0v) is 13.4. The quantitative estimate of drug-likeness (QED) is 0.774. The maximum absolute atomic E-state index is 13.0. The summed E-state index contributed by atoms with van der Waals surface area (Å²) in [6, 6.07) is 13.7. The Kier molecular flexibility index (Phi) is 4.70. The largest absolute Gasteiger partial charge is 0.335 e. The lowest BCUT2D eigenvalue weighted by Crippen LogP contribution is -2.30. The number of amides is 1. The Labute approximate surface area is 139 Å². The monoisotopic (exact) mass is 323 g/mol. The van der Waals surface area contributed by atoms with Gasteiger partial charge in [-0.2, -0.15) is 5.10 Å². The minimum absolute atomic E-state index is 0.0489. The molecule has 0 unspecified atom stereocenters. The summed E-state index contributed by atoms with van der Waals surface area (Å²) in [6.45, 7) is 2.96. The van der Waals surface area contributed by atoms with E-state index in [1.165, 1.54) is 12.1 Å². The van der Waals surface area contributed by atoms with E-state index < -0.39 is 0 Å². The Morgan fingerprint density at radius 1 is 1.17 bits per heavy atom. The molecule has 1 heterocycles. The third-order valence-corrected chi connectivity index (χ3v) is 3.90. The molecule has 0 aliphatic heterocycles. The molecular weight excluding hydrogens is 305 g/mol. The predicted molar refractivity (Wildman–Crippen MR) is 90.8 cm³/mol. The van der Waals surface area contributed by atoms with Crippen molar-refractivity contribution in [2.45, 2.75) is 13.5 Å². The van der Waals surface area contributed by atoms with Crippen molar-refractivity contribution in [1.82, 2.24) is 15.1 Å². The second kappa shape index (κ2) is 7.08. The summed E-state index contributed by atoms with van der Waals surface area (Å²) in [5.41, 5.74) is 3.40. The zero-order chi connectivity index (χ0) is 16.9. The number of benzene rings is 2. The highest BCUT2D eigenvalue weighted by Crippen LogP contribution is 2.20. The second-order valence-corrected chi connectivity index (χ2v) is 5.51. The Hall–Kier alpha value is -2.95. The first-order chi connectivity index (χ1) is 11.7. The summed E-state index contributed by atoms with van der Waals surface area (Å²) in [6.07, 6.45) is 3.51. The van der Waals surface area contributed by atoms with E-state index >= 15 is 0 Å². The van der Waals surface area contributed by atoms with Gasteiger partial charge < -0.3 is 4.90 Å². The molecule has 0 saturated heterocycles. The molecule has 122 valence electrons. The molecule has 0 atom stereocenters. The van der Waals surface area contributed by atoms with Crippen LogP contribution in [0.4, 0.5) is 4.39 Å². The number of carbonyl (C=O) groups excluding carboxylic acids is 1. The number of hydrogen-bond acceptors (Lipinski definition) is 2. The van der Waals surface area contributed by atoms with Crippen molar-refractivity contribution in [2.75, 3.05) is 6.54 Å².